The zero-order chi connectivity index (χ0) is 23.3. The number of amides is 1. The summed E-state index contributed by atoms with van der Waals surface area (Å²) < 4.78 is 27.9. The van der Waals surface area contributed by atoms with Gasteiger partial charge in [0.15, 0.2) is 0 Å². The molecule has 0 spiro atoms. The monoisotopic (exact) mass is 510 g/mol. The second-order valence-electron chi connectivity index (χ2n) is 7.17. The van der Waals surface area contributed by atoms with Gasteiger partial charge in [0.25, 0.3) is 0 Å². The molecule has 0 saturated carbocycles. The highest BCUT2D eigenvalue weighted by molar-refractivity contribution is 7.89. The third-order valence-corrected chi connectivity index (χ3v) is 7.54. The van der Waals surface area contributed by atoms with Crippen molar-refractivity contribution < 1.29 is 13.2 Å². The lowest BCUT2D eigenvalue weighted by molar-refractivity contribution is -0.122. The van der Waals surface area contributed by atoms with Crippen molar-refractivity contribution in [1.82, 2.24) is 9.62 Å². The standard InChI is InChI=1S/C23H21Cl3N2O3S/c1-16(18-7-9-19(24)10-8-18)27-23(29)15-28(14-17-5-3-2-4-6-17)32(30,31)22-13-20(25)11-12-21(22)26/h2-13,16H,14-15H2,1H3,(H,27,29)/t16-/m1/s1. The number of benzene rings is 3. The van der Waals surface area contributed by atoms with Crippen molar-refractivity contribution in [3.05, 3.63) is 99.0 Å². The van der Waals surface area contributed by atoms with Crippen LogP contribution >= 0.6 is 34.8 Å². The summed E-state index contributed by atoms with van der Waals surface area (Å²) in [5.41, 5.74) is 1.57. The van der Waals surface area contributed by atoms with Gasteiger partial charge in [-0.3, -0.25) is 4.79 Å². The Bertz CT molecular complexity index is 1190. The number of carbonyl (C=O) groups excluding carboxylic acids is 1. The van der Waals surface area contributed by atoms with Gasteiger partial charge in [0.2, 0.25) is 15.9 Å². The summed E-state index contributed by atoms with van der Waals surface area (Å²) in [6.45, 7) is 1.41. The fraction of sp³-hybridized carbons (Fsp3) is 0.174. The van der Waals surface area contributed by atoms with Gasteiger partial charge in [-0.15, -0.1) is 0 Å². The zero-order valence-electron chi connectivity index (χ0n) is 17.1. The molecular formula is C23H21Cl3N2O3S. The van der Waals surface area contributed by atoms with Gasteiger partial charge < -0.3 is 5.32 Å². The molecule has 3 aromatic carbocycles. The van der Waals surface area contributed by atoms with E-state index in [2.05, 4.69) is 5.32 Å². The first-order chi connectivity index (χ1) is 15.2. The Morgan fingerprint density at radius 1 is 0.938 bits per heavy atom. The van der Waals surface area contributed by atoms with Crippen molar-refractivity contribution in [3.8, 4) is 0 Å². The van der Waals surface area contributed by atoms with Gasteiger partial charge >= 0.3 is 0 Å². The molecule has 1 N–H and O–H groups in total. The molecule has 1 atom stereocenters. The SMILES string of the molecule is C[C@@H](NC(=O)CN(Cc1ccccc1)S(=O)(=O)c1cc(Cl)ccc1Cl)c1ccc(Cl)cc1. The van der Waals surface area contributed by atoms with E-state index in [1.165, 1.54) is 18.2 Å². The Morgan fingerprint density at radius 3 is 2.22 bits per heavy atom. The van der Waals surface area contributed by atoms with Crippen molar-refractivity contribution in [3.63, 3.8) is 0 Å². The van der Waals surface area contributed by atoms with E-state index in [0.717, 1.165) is 15.4 Å². The van der Waals surface area contributed by atoms with E-state index < -0.39 is 22.5 Å². The lowest BCUT2D eigenvalue weighted by Crippen LogP contribution is -2.41. The van der Waals surface area contributed by atoms with Gasteiger partial charge in [-0.25, -0.2) is 8.42 Å². The summed E-state index contributed by atoms with van der Waals surface area (Å²) in [5, 5.41) is 3.68. The van der Waals surface area contributed by atoms with Crippen LogP contribution in [0.3, 0.4) is 0 Å². The summed E-state index contributed by atoms with van der Waals surface area (Å²) in [7, 11) is -4.11. The summed E-state index contributed by atoms with van der Waals surface area (Å²) in [6.07, 6.45) is 0. The molecule has 0 radical (unpaired) electrons. The number of carbonyl (C=O) groups is 1. The molecule has 0 aliphatic heterocycles. The average molecular weight is 512 g/mol. The highest BCUT2D eigenvalue weighted by atomic mass is 35.5. The summed E-state index contributed by atoms with van der Waals surface area (Å²) in [5.74, 6) is -0.454. The van der Waals surface area contributed by atoms with Crippen LogP contribution in [-0.4, -0.2) is 25.2 Å². The van der Waals surface area contributed by atoms with Crippen molar-refractivity contribution in [2.45, 2.75) is 24.4 Å². The van der Waals surface area contributed by atoms with E-state index in [1.54, 1.807) is 48.5 Å². The molecule has 1 amide bonds. The van der Waals surface area contributed by atoms with E-state index in [1.807, 2.05) is 13.0 Å². The Labute approximate surface area is 203 Å². The number of rotatable bonds is 8. The first-order valence-electron chi connectivity index (χ1n) is 9.71. The third-order valence-electron chi connectivity index (χ3n) is 4.78. The quantitative estimate of drug-likeness (QED) is 0.421. The molecule has 0 heterocycles. The average Bonchev–Trinajstić information content (AvgIpc) is 2.76. The van der Waals surface area contributed by atoms with E-state index in [0.29, 0.717) is 5.02 Å². The molecule has 0 aromatic heterocycles. The topological polar surface area (TPSA) is 66.5 Å². The van der Waals surface area contributed by atoms with Crippen molar-refractivity contribution >= 4 is 50.7 Å². The lowest BCUT2D eigenvalue weighted by Gasteiger charge is -2.24. The first-order valence-corrected chi connectivity index (χ1v) is 12.3. The number of nitrogens with one attached hydrogen (secondary N) is 1. The Balaban J connectivity index is 1.86. The molecule has 168 valence electrons. The zero-order valence-corrected chi connectivity index (χ0v) is 20.2. The van der Waals surface area contributed by atoms with E-state index in [-0.39, 0.29) is 27.5 Å². The number of halogens is 3. The minimum atomic E-state index is -4.11. The Morgan fingerprint density at radius 2 is 1.56 bits per heavy atom. The largest absolute Gasteiger partial charge is 0.348 e. The Kier molecular flexibility index (Phi) is 8.20. The van der Waals surface area contributed by atoms with Crippen LogP contribution < -0.4 is 5.32 Å². The van der Waals surface area contributed by atoms with Crippen LogP contribution in [0.5, 0.6) is 0 Å². The molecular weight excluding hydrogens is 491 g/mol. The predicted octanol–water partition coefficient (Wildman–Crippen LogP) is 5.72. The van der Waals surface area contributed by atoms with E-state index in [4.69, 9.17) is 34.8 Å². The molecule has 0 saturated heterocycles. The maximum Gasteiger partial charge on any atom is 0.245 e. The molecule has 0 unspecified atom stereocenters. The van der Waals surface area contributed by atoms with Crippen molar-refractivity contribution in [2.24, 2.45) is 0 Å². The molecule has 3 aromatic rings. The molecule has 0 bridgehead atoms. The van der Waals surface area contributed by atoms with Gasteiger partial charge in [-0.2, -0.15) is 4.31 Å². The second kappa shape index (κ2) is 10.7. The van der Waals surface area contributed by atoms with Gasteiger partial charge in [-0.05, 0) is 48.4 Å². The van der Waals surface area contributed by atoms with Crippen LogP contribution in [0.4, 0.5) is 0 Å². The highest BCUT2D eigenvalue weighted by Gasteiger charge is 2.29. The second-order valence-corrected chi connectivity index (χ2v) is 10.4. The molecule has 3 rings (SSSR count). The van der Waals surface area contributed by atoms with Crippen LogP contribution in [0, 0.1) is 0 Å². The third kappa shape index (κ3) is 6.24. The summed E-state index contributed by atoms with van der Waals surface area (Å²) in [6, 6.07) is 19.9. The van der Waals surface area contributed by atoms with Crippen LogP contribution in [-0.2, 0) is 21.4 Å². The van der Waals surface area contributed by atoms with Gasteiger partial charge in [0, 0.05) is 16.6 Å². The maximum atomic E-state index is 13.4. The number of hydrogen-bond donors (Lipinski definition) is 1. The van der Waals surface area contributed by atoms with Gasteiger partial charge in [0.05, 0.1) is 17.6 Å². The number of nitrogens with zero attached hydrogens (tertiary/aromatic N) is 1. The summed E-state index contributed by atoms with van der Waals surface area (Å²) >= 11 is 18.1. The fourth-order valence-electron chi connectivity index (χ4n) is 3.11. The normalized spacial score (nSPS) is 12.5. The number of sulfonamides is 1. The highest BCUT2D eigenvalue weighted by Crippen LogP contribution is 2.28. The maximum absolute atomic E-state index is 13.4. The van der Waals surface area contributed by atoms with Crippen molar-refractivity contribution in [1.29, 1.82) is 0 Å². The van der Waals surface area contributed by atoms with E-state index >= 15 is 0 Å². The number of hydrogen-bond acceptors (Lipinski definition) is 3. The molecule has 0 aliphatic rings. The predicted molar refractivity (Wildman–Crippen MR) is 129 cm³/mol. The van der Waals surface area contributed by atoms with Gasteiger partial charge in [0.1, 0.15) is 4.90 Å². The van der Waals surface area contributed by atoms with E-state index in [9.17, 15) is 13.2 Å². The molecule has 0 aliphatic carbocycles. The van der Waals surface area contributed by atoms with Gasteiger partial charge in [-0.1, -0.05) is 77.3 Å². The fourth-order valence-corrected chi connectivity index (χ4v) is 5.36. The smallest absolute Gasteiger partial charge is 0.245 e. The molecule has 0 fully saturated rings. The minimum Gasteiger partial charge on any atom is -0.348 e. The van der Waals surface area contributed by atoms with Crippen molar-refractivity contribution in [2.75, 3.05) is 6.54 Å². The molecule has 32 heavy (non-hydrogen) atoms. The minimum absolute atomic E-state index is 0.00520. The lowest BCUT2D eigenvalue weighted by atomic mass is 10.1. The Hall–Kier alpha value is -2.09. The summed E-state index contributed by atoms with van der Waals surface area (Å²) in [4.78, 5) is 12.7. The molecule has 5 nitrogen and oxygen atoms in total. The van der Waals surface area contributed by atoms with Crippen LogP contribution in [0.15, 0.2) is 77.7 Å². The van der Waals surface area contributed by atoms with Crippen LogP contribution in [0.2, 0.25) is 15.1 Å². The first kappa shape index (κ1) is 24.6. The van der Waals surface area contributed by atoms with Crippen LogP contribution in [0.25, 0.3) is 0 Å². The molecule has 9 heteroatoms. The van der Waals surface area contributed by atoms with Crippen LogP contribution in [0.1, 0.15) is 24.1 Å².